The summed E-state index contributed by atoms with van der Waals surface area (Å²) in [6.45, 7) is 0.191. The van der Waals surface area contributed by atoms with Crippen molar-refractivity contribution in [2.45, 2.75) is 42.8 Å². The van der Waals surface area contributed by atoms with Crippen LogP contribution in [0.5, 0.6) is 11.5 Å². The lowest BCUT2D eigenvalue weighted by atomic mass is 9.89. The molecule has 0 saturated carbocycles. The summed E-state index contributed by atoms with van der Waals surface area (Å²) in [6, 6.07) is 23.6. The quantitative estimate of drug-likeness (QED) is 0.109. The van der Waals surface area contributed by atoms with Gasteiger partial charge in [0.1, 0.15) is 47.3 Å². The smallest absolute Gasteiger partial charge is 0.355 e. The Bertz CT molecular complexity index is 2070. The normalized spacial score (nSPS) is 20.0. The molecule has 7 rings (SSSR count). The highest BCUT2D eigenvalue weighted by Crippen LogP contribution is 2.46. The van der Waals surface area contributed by atoms with Crippen LogP contribution in [0.15, 0.2) is 101 Å². The number of hydrogen-bond acceptors (Lipinski definition) is 11. The van der Waals surface area contributed by atoms with Crippen molar-refractivity contribution >= 4 is 113 Å². The number of ether oxygens (including phenoxy) is 4. The van der Waals surface area contributed by atoms with Crippen molar-refractivity contribution in [1.29, 1.82) is 0 Å². The molecule has 4 atom stereocenters. The van der Waals surface area contributed by atoms with Crippen molar-refractivity contribution in [1.82, 2.24) is 9.80 Å². The van der Waals surface area contributed by atoms with Gasteiger partial charge in [-0.15, -0.1) is 46.7 Å². The number of fused-ring (bicyclic) bond motifs is 2. The summed E-state index contributed by atoms with van der Waals surface area (Å²) < 4.78 is 21.1. The molecule has 3 N–H and O–H groups in total. The molecule has 0 aliphatic carbocycles. The predicted octanol–water partition coefficient (Wildman–Crippen LogP) is 3.50. The molecule has 3 aromatic rings. The molecule has 0 radical (unpaired) electrons. The molecular weight excluding hydrogens is 1100 g/mol. The molecule has 0 bridgehead atoms. The molecule has 4 heterocycles. The number of ketones is 1. The SMILES string of the molecule is COc1ccc(COC(=O)C2=C(CCl)CS[C@@H]3[C@H](CC(=O)Cc4ccccc4)C(=O)N23)cc1.COc1ccc(COC(=O)C2=C(CCl)CS[C@@H]3[C@H]([NH3+])C(=O)N23)cc1.II.[Cl-]. The minimum atomic E-state index is -0.575. The maximum absolute atomic E-state index is 13.0. The zero-order valence-corrected chi connectivity index (χ0v) is 40.7. The average molecular weight is 1150 g/mol. The summed E-state index contributed by atoms with van der Waals surface area (Å²) in [7, 11) is 3.17. The molecule has 60 heavy (non-hydrogen) atoms. The maximum atomic E-state index is 13.0. The van der Waals surface area contributed by atoms with Crippen LogP contribution >= 0.6 is 84.0 Å². The molecule has 322 valence electrons. The van der Waals surface area contributed by atoms with Crippen molar-refractivity contribution in [2.75, 3.05) is 37.5 Å². The lowest BCUT2D eigenvalue weighted by Gasteiger charge is -2.49. The van der Waals surface area contributed by atoms with Crippen molar-refractivity contribution in [2.24, 2.45) is 5.92 Å². The Hall–Kier alpha value is -2.72. The zero-order chi connectivity index (χ0) is 42.6. The van der Waals surface area contributed by atoms with Crippen LogP contribution < -0.4 is 27.6 Å². The second kappa shape index (κ2) is 24.2. The van der Waals surface area contributed by atoms with E-state index in [0.717, 1.165) is 28.0 Å². The molecular formula is C41H42Cl3I2N3O9S2. The molecule has 3 aromatic carbocycles. The van der Waals surface area contributed by atoms with E-state index in [-0.39, 0.29) is 89.6 Å². The van der Waals surface area contributed by atoms with Gasteiger partial charge in [-0.2, -0.15) is 0 Å². The van der Waals surface area contributed by atoms with Gasteiger partial charge in [0, 0.05) is 73.3 Å². The van der Waals surface area contributed by atoms with E-state index in [0.29, 0.717) is 29.2 Å². The third kappa shape index (κ3) is 11.8. The van der Waals surface area contributed by atoms with E-state index in [1.165, 1.54) is 21.6 Å². The molecule has 2 amide bonds. The Morgan fingerprint density at radius 3 is 1.60 bits per heavy atom. The number of amides is 2. The van der Waals surface area contributed by atoms with E-state index < -0.39 is 17.9 Å². The highest BCUT2D eigenvalue weighted by Gasteiger charge is 2.55. The molecule has 0 aromatic heterocycles. The number of β-lactam (4-membered cyclic amide) rings is 2. The first-order valence-electron chi connectivity index (χ1n) is 18.2. The number of benzene rings is 3. The molecule has 2 saturated heterocycles. The van der Waals surface area contributed by atoms with Crippen LogP contribution in [0.4, 0.5) is 0 Å². The van der Waals surface area contributed by atoms with Crippen LogP contribution in [0.2, 0.25) is 0 Å². The summed E-state index contributed by atoms with van der Waals surface area (Å²) in [6.07, 6.45) is 0.452. The van der Waals surface area contributed by atoms with Gasteiger partial charge in [-0.1, -0.05) is 54.6 Å². The topological polar surface area (TPSA) is 156 Å². The van der Waals surface area contributed by atoms with Gasteiger partial charge in [-0.3, -0.25) is 24.2 Å². The van der Waals surface area contributed by atoms with Gasteiger partial charge in [0.15, 0.2) is 6.04 Å². The molecule has 0 spiro atoms. The maximum Gasteiger partial charge on any atom is 0.355 e. The van der Waals surface area contributed by atoms with Gasteiger partial charge < -0.3 is 37.1 Å². The van der Waals surface area contributed by atoms with E-state index in [9.17, 15) is 24.0 Å². The van der Waals surface area contributed by atoms with Crippen molar-refractivity contribution < 1.29 is 61.1 Å². The summed E-state index contributed by atoms with van der Waals surface area (Å²) in [5.74, 6) is 0.987. The van der Waals surface area contributed by atoms with Crippen LogP contribution in [-0.4, -0.2) is 93.6 Å². The van der Waals surface area contributed by atoms with Gasteiger partial charge in [0.25, 0.3) is 5.91 Å². The van der Waals surface area contributed by atoms with Gasteiger partial charge in [-0.25, -0.2) is 9.59 Å². The number of hydrogen-bond donors (Lipinski definition) is 1. The van der Waals surface area contributed by atoms with Gasteiger partial charge in [-0.05, 0) is 52.1 Å². The lowest BCUT2D eigenvalue weighted by Crippen LogP contribution is -3.00. The highest BCUT2D eigenvalue weighted by atomic mass is 128. The highest BCUT2D eigenvalue weighted by molar-refractivity contribution is 15.0. The second-order valence-corrected chi connectivity index (χ2v) is 16.2. The first kappa shape index (κ1) is 49.9. The summed E-state index contributed by atoms with van der Waals surface area (Å²) in [4.78, 5) is 66.0. The summed E-state index contributed by atoms with van der Waals surface area (Å²) >= 11 is 19.4. The van der Waals surface area contributed by atoms with Crippen LogP contribution in [-0.2, 0) is 53.1 Å². The van der Waals surface area contributed by atoms with E-state index in [4.69, 9.17) is 42.1 Å². The Morgan fingerprint density at radius 1 is 0.700 bits per heavy atom. The first-order valence-corrected chi connectivity index (χ1v) is 27.6. The van der Waals surface area contributed by atoms with Crippen molar-refractivity contribution in [3.8, 4) is 11.5 Å². The number of methoxy groups -OCH3 is 2. The van der Waals surface area contributed by atoms with Crippen LogP contribution in [0.3, 0.4) is 0 Å². The fourth-order valence-corrected chi connectivity index (χ4v) is 10.0. The minimum Gasteiger partial charge on any atom is -1.00 e. The average Bonchev–Trinajstić information content (AvgIpc) is 3.29. The number of carbonyl (C=O) groups excluding carboxylic acids is 5. The Labute approximate surface area is 396 Å². The van der Waals surface area contributed by atoms with E-state index in [2.05, 4.69) is 43.0 Å². The number of rotatable bonds is 14. The summed E-state index contributed by atoms with van der Waals surface area (Å²) in [5.41, 5.74) is 8.29. The molecule has 0 unspecified atom stereocenters. The van der Waals surface area contributed by atoms with E-state index in [1.54, 1.807) is 50.2 Å². The predicted molar refractivity (Wildman–Crippen MR) is 245 cm³/mol. The Balaban J connectivity index is 0.000000261. The van der Waals surface area contributed by atoms with Crippen molar-refractivity contribution in [3.05, 3.63) is 118 Å². The Kier molecular flexibility index (Phi) is 20.1. The van der Waals surface area contributed by atoms with Crippen LogP contribution in [0.25, 0.3) is 0 Å². The first-order chi connectivity index (χ1) is 28.6. The number of halogens is 5. The number of carbonyl (C=O) groups is 5. The minimum absolute atomic E-state index is 0. The molecule has 2 fully saturated rings. The van der Waals surface area contributed by atoms with Gasteiger partial charge in [0.05, 0.1) is 25.5 Å². The number of esters is 2. The van der Waals surface area contributed by atoms with Gasteiger partial charge >= 0.3 is 11.9 Å². The standard InChI is InChI=1S/C25H24ClNO5S.C16H17ClN2O4S.ClH.I2/c1-31-20-9-7-17(8-10-20)14-32-25(30)22-18(13-26)15-33-24-21(23(29)27(22)24)12-19(28)11-16-5-3-2-4-6-16;1-22-11-4-2-9(3-5-11)7-23-16(21)13-10(6-17)8-24-15-12(18)14(20)19(13)15;;1-2/h2-10,21,24H,11-15H2,1H3;2-5,12,15H,6-8,18H2,1H3;1H;/t21-,24-;12-,15-;;/m11../s1. The number of quaternary nitrogens is 1. The number of thioether (sulfide) groups is 2. The Morgan fingerprint density at radius 2 is 1.15 bits per heavy atom. The van der Waals surface area contributed by atoms with Crippen LogP contribution in [0.1, 0.15) is 23.1 Å². The fourth-order valence-electron chi connectivity index (χ4n) is 6.65. The lowest BCUT2D eigenvalue weighted by molar-refractivity contribution is -0.423. The summed E-state index contributed by atoms with van der Waals surface area (Å²) in [5, 5.41) is -0.360. The number of Topliss-reactive ketones (excluding diaryl/α,β-unsaturated/α-hetero) is 1. The molecule has 12 nitrogen and oxygen atoms in total. The zero-order valence-electron chi connectivity index (χ0n) is 32.5. The molecule has 4 aliphatic heterocycles. The molecule has 19 heteroatoms. The van der Waals surface area contributed by atoms with Crippen molar-refractivity contribution in [3.63, 3.8) is 0 Å². The van der Waals surface area contributed by atoms with E-state index in [1.807, 2.05) is 54.6 Å². The van der Waals surface area contributed by atoms with E-state index >= 15 is 0 Å². The number of alkyl halides is 2. The van der Waals surface area contributed by atoms with Crippen LogP contribution in [0, 0.1) is 5.92 Å². The third-order valence-corrected chi connectivity index (χ3v) is 13.2. The third-order valence-electron chi connectivity index (χ3n) is 9.77. The largest absolute Gasteiger partial charge is 1.00 e. The van der Waals surface area contributed by atoms with Gasteiger partial charge in [0.2, 0.25) is 5.91 Å². The molecule has 4 aliphatic rings. The number of nitrogens with zero attached hydrogens (tertiary/aromatic N) is 2. The fraction of sp³-hybridized carbons (Fsp3) is 0.341. The monoisotopic (exact) mass is 1140 g/mol. The second-order valence-electron chi connectivity index (χ2n) is 13.5.